The number of aliphatic hydroxyl groups excluding tert-OH is 3. The number of H-pyrrole nitrogens is 3. The molecule has 9 unspecified atom stereocenters. The maximum absolute atomic E-state index is 15.2. The summed E-state index contributed by atoms with van der Waals surface area (Å²) in [4.78, 5) is 24.4. The van der Waals surface area contributed by atoms with Gasteiger partial charge in [0.15, 0.2) is 0 Å². The topological polar surface area (TPSA) is 144 Å². The predicted octanol–water partition coefficient (Wildman–Crippen LogP) is 13.7. The maximum atomic E-state index is 15.2. The van der Waals surface area contributed by atoms with Crippen molar-refractivity contribution in [2.75, 3.05) is 39.5 Å². The molecule has 11 nitrogen and oxygen atoms in total. The Balaban J connectivity index is 0.000000146. The van der Waals surface area contributed by atoms with E-state index in [2.05, 4.69) is 74.0 Å². The molecule has 3 aliphatic rings. The lowest BCUT2D eigenvalue weighted by atomic mass is 9.86. The van der Waals surface area contributed by atoms with Crippen LogP contribution in [0.3, 0.4) is 0 Å². The molecule has 0 saturated carbocycles. The number of hydrogen-bond donors (Lipinski definition) is 6. The lowest BCUT2D eigenvalue weighted by molar-refractivity contribution is 0.0161. The molecule has 468 valence electrons. The largest absolute Gasteiger partial charge is 0.393 e. The molecule has 5 aromatic heterocycles. The number of pyridine rings is 2. The van der Waals surface area contributed by atoms with Crippen LogP contribution < -0.4 is 0 Å². The molecule has 0 saturated heterocycles. The van der Waals surface area contributed by atoms with E-state index < -0.39 is 72.3 Å². The minimum absolute atomic E-state index is 0.0831. The smallest absolute Gasteiger partial charge is 0.221 e. The summed E-state index contributed by atoms with van der Waals surface area (Å²) < 4.78 is 105. The van der Waals surface area contributed by atoms with Crippen LogP contribution in [-0.4, -0.2) is 130 Å². The van der Waals surface area contributed by atoms with Crippen LogP contribution in [0.2, 0.25) is 0 Å². The van der Waals surface area contributed by atoms with Crippen LogP contribution in [0.25, 0.3) is 32.7 Å². The number of nitrogens with zero attached hydrogens (tertiary/aromatic N) is 5. The van der Waals surface area contributed by atoms with Crippen molar-refractivity contribution in [2.24, 2.45) is 0 Å². The average Bonchev–Trinajstić information content (AvgIpc) is 1.85. The molecule has 9 atom stereocenters. The van der Waals surface area contributed by atoms with Crippen LogP contribution in [0, 0.1) is 23.4 Å². The summed E-state index contributed by atoms with van der Waals surface area (Å²) in [6, 6.07) is 29.9. The molecule has 8 heterocycles. The molecule has 0 spiro atoms. The zero-order valence-electron chi connectivity index (χ0n) is 51.6. The Hall–Kier alpha value is -6.93. The number of hydrogen-bond acceptors (Lipinski definition) is 8. The number of fused-ring (bicyclic) bond motifs is 9. The number of nitrogens with one attached hydrogen (secondary N) is 3. The maximum Gasteiger partial charge on any atom is 0.221 e. The number of alkyl halides is 3. The van der Waals surface area contributed by atoms with Gasteiger partial charge in [0, 0.05) is 111 Å². The highest BCUT2D eigenvalue weighted by molar-refractivity contribution is 5.87. The number of rotatable bonds is 15. The first-order chi connectivity index (χ1) is 41.9. The summed E-state index contributed by atoms with van der Waals surface area (Å²) in [5, 5.41) is 31.7. The second-order valence-corrected chi connectivity index (χ2v) is 25.2. The van der Waals surface area contributed by atoms with Crippen molar-refractivity contribution in [3.8, 4) is 0 Å². The van der Waals surface area contributed by atoms with E-state index in [9.17, 15) is 28.5 Å². The molecule has 12 rings (SSSR count). The van der Waals surface area contributed by atoms with E-state index >= 15 is 17.6 Å². The number of aromatic nitrogens is 5. The second kappa shape index (κ2) is 25.9. The average molecular weight is 1220 g/mol. The Bertz CT molecular complexity index is 3700. The SMILES string of the molecule is CCc1cc(F)c(C2c3[nH]c4ccccc4c3CC(C)N2CC(C)(F)CO)c(F)c1.CCc1cc(F)c(C2c3[nH]c4ccccc4c3CC(C)N2CC(C)(F)CO)c(F)n1.CCc1ccc(C2c3[nH]c4ccccc4c3CC(C)N2CC(C)(F)CO)cn1. The Morgan fingerprint density at radius 1 is 0.489 bits per heavy atom. The number of aryl methyl sites for hydroxylation is 3. The van der Waals surface area contributed by atoms with Crippen molar-refractivity contribution in [1.82, 2.24) is 39.6 Å². The van der Waals surface area contributed by atoms with Crippen molar-refractivity contribution < 1.29 is 46.1 Å². The fraction of sp³-hybridized carbons (Fsp3) is 0.429. The fourth-order valence-electron chi connectivity index (χ4n) is 13.4. The summed E-state index contributed by atoms with van der Waals surface area (Å²) in [5.41, 5.74) is 5.82. The number of aliphatic hydroxyl groups is 3. The molecule has 18 heteroatoms. The van der Waals surface area contributed by atoms with E-state index in [1.165, 1.54) is 49.9 Å². The van der Waals surface area contributed by atoms with Gasteiger partial charge in [-0.3, -0.25) is 19.7 Å². The van der Waals surface area contributed by atoms with Crippen LogP contribution >= 0.6 is 0 Å². The van der Waals surface area contributed by atoms with Gasteiger partial charge in [0.05, 0.1) is 43.5 Å². The van der Waals surface area contributed by atoms with E-state index in [0.29, 0.717) is 48.3 Å². The lowest BCUT2D eigenvalue weighted by Crippen LogP contribution is -2.50. The zero-order valence-corrected chi connectivity index (χ0v) is 51.6. The Morgan fingerprint density at radius 2 is 0.864 bits per heavy atom. The van der Waals surface area contributed by atoms with Gasteiger partial charge in [-0.2, -0.15) is 4.39 Å². The molecule has 6 N–H and O–H groups in total. The van der Waals surface area contributed by atoms with Crippen molar-refractivity contribution in [1.29, 1.82) is 0 Å². The minimum atomic E-state index is -1.92. The van der Waals surface area contributed by atoms with Crippen LogP contribution in [0.1, 0.15) is 148 Å². The summed E-state index contributed by atoms with van der Waals surface area (Å²) >= 11 is 0. The van der Waals surface area contributed by atoms with Crippen LogP contribution in [0.5, 0.6) is 0 Å². The standard InChI is InChI=1S/C24H27F3N2O.C23H26F3N3O.C23H28FN3O/c1-4-15-10-18(25)21(19(26)11-15)23-22-17(16-7-5-6-8-20(16)28-22)9-14(2)29(23)12-24(3,27)13-30;1-4-14-10-17(24)19(22(25)27-14)21-20-16(15-7-5-6-8-18(15)28-20)9-13(2)29(21)11-23(3,26)12-30;1-4-17-10-9-16(12-25-17)22-21-19(18-7-5-6-8-20(18)26-21)11-15(2)27(22)13-23(3,24)14-28/h5-8,10-11,14,23,28,30H,4,9,12-13H2,1-3H3;5-8,10,13,21,28,30H,4,9,11-12H2,1-3H3;5-10,12,15,22,26,28H,4,11,13-14H2,1-3H3. The van der Waals surface area contributed by atoms with E-state index in [-0.39, 0.29) is 54.9 Å². The van der Waals surface area contributed by atoms with Crippen molar-refractivity contribution in [2.45, 2.75) is 154 Å². The lowest BCUT2D eigenvalue weighted by Gasteiger charge is -2.43. The Kier molecular flexibility index (Phi) is 18.8. The highest BCUT2D eigenvalue weighted by atomic mass is 19.2. The molecule has 0 amide bonds. The number of para-hydroxylation sites is 3. The Labute approximate surface area is 510 Å². The van der Waals surface area contributed by atoms with E-state index in [1.54, 1.807) is 16.7 Å². The van der Waals surface area contributed by atoms with Crippen molar-refractivity contribution in [3.63, 3.8) is 0 Å². The molecule has 0 aliphatic carbocycles. The molecule has 0 radical (unpaired) electrons. The predicted molar refractivity (Wildman–Crippen MR) is 333 cm³/mol. The first kappa shape index (κ1) is 64.1. The molecular weight excluding hydrogens is 1130 g/mol. The molecule has 88 heavy (non-hydrogen) atoms. The van der Waals surface area contributed by atoms with Gasteiger partial charge < -0.3 is 30.3 Å². The number of halogens is 7. The molecule has 3 aliphatic heterocycles. The molecule has 0 bridgehead atoms. The molecular formula is C70H81F7N8O3. The first-order valence-corrected chi connectivity index (χ1v) is 30.7. The first-order valence-electron chi connectivity index (χ1n) is 30.7. The monoisotopic (exact) mass is 1210 g/mol. The van der Waals surface area contributed by atoms with E-state index in [0.717, 1.165) is 68.2 Å². The van der Waals surface area contributed by atoms with Crippen molar-refractivity contribution >= 4 is 32.7 Å². The van der Waals surface area contributed by atoms with Gasteiger partial charge in [-0.1, -0.05) is 81.4 Å². The van der Waals surface area contributed by atoms with Gasteiger partial charge in [0.1, 0.15) is 34.5 Å². The highest BCUT2D eigenvalue weighted by Crippen LogP contribution is 2.46. The highest BCUT2D eigenvalue weighted by Gasteiger charge is 2.45. The molecule has 9 aromatic rings. The normalized spacial score (nSPS) is 21.8. The van der Waals surface area contributed by atoms with Gasteiger partial charge in [-0.15, -0.1) is 0 Å². The molecule has 0 fully saturated rings. The van der Waals surface area contributed by atoms with Crippen molar-refractivity contribution in [3.05, 3.63) is 200 Å². The third kappa shape index (κ3) is 12.8. The quantitative estimate of drug-likeness (QED) is 0.0440. The number of aromatic amines is 3. The van der Waals surface area contributed by atoms with Gasteiger partial charge in [0.25, 0.3) is 0 Å². The zero-order chi connectivity index (χ0) is 63.1. The summed E-state index contributed by atoms with van der Waals surface area (Å²) in [6.07, 6.45) is 5.79. The minimum Gasteiger partial charge on any atom is -0.393 e. The van der Waals surface area contributed by atoms with E-state index in [1.807, 2.05) is 81.6 Å². The van der Waals surface area contributed by atoms with Gasteiger partial charge >= 0.3 is 0 Å². The second-order valence-electron chi connectivity index (χ2n) is 25.2. The van der Waals surface area contributed by atoms with Gasteiger partial charge in [0.2, 0.25) is 5.95 Å². The van der Waals surface area contributed by atoms with Crippen LogP contribution in [0.4, 0.5) is 30.7 Å². The van der Waals surface area contributed by atoms with Gasteiger partial charge in [-0.25, -0.2) is 31.3 Å². The summed E-state index contributed by atoms with van der Waals surface area (Å²) in [7, 11) is 0. The molecule has 4 aromatic carbocycles. The fourth-order valence-corrected chi connectivity index (χ4v) is 13.4. The van der Waals surface area contributed by atoms with Crippen LogP contribution in [0.15, 0.2) is 109 Å². The van der Waals surface area contributed by atoms with E-state index in [4.69, 9.17) is 0 Å². The number of benzene rings is 4. The Morgan fingerprint density at radius 3 is 1.23 bits per heavy atom. The third-order valence-electron chi connectivity index (χ3n) is 18.1. The summed E-state index contributed by atoms with van der Waals surface area (Å²) in [6.45, 7) is 13.8. The summed E-state index contributed by atoms with van der Waals surface area (Å²) in [5.74, 6) is -2.85. The third-order valence-corrected chi connectivity index (χ3v) is 18.1. The van der Waals surface area contributed by atoms with Crippen LogP contribution in [-0.2, 0) is 38.5 Å². The van der Waals surface area contributed by atoms with Gasteiger partial charge in [-0.05, 0) is 150 Å².